The fourth-order valence-corrected chi connectivity index (χ4v) is 9.04. The van der Waals surface area contributed by atoms with Crippen molar-refractivity contribution in [2.45, 2.75) is 102 Å². The van der Waals surface area contributed by atoms with Gasteiger partial charge in [0.1, 0.15) is 5.82 Å². The average molecular weight is 375 g/mol. The quantitative estimate of drug-likeness (QED) is 0.323. The molecule has 2 fully saturated rings. The molecule has 0 radical (unpaired) electrons. The molecular formula is C24H39FSi. The summed E-state index contributed by atoms with van der Waals surface area (Å²) in [4.78, 5) is 0. The summed E-state index contributed by atoms with van der Waals surface area (Å²) in [6.45, 7) is 2.31. The van der Waals surface area contributed by atoms with E-state index in [1.54, 1.807) is 24.6 Å². The van der Waals surface area contributed by atoms with Crippen LogP contribution in [0.5, 0.6) is 0 Å². The highest BCUT2D eigenvalue weighted by molar-refractivity contribution is 6.59. The topological polar surface area (TPSA) is 0 Å². The predicted octanol–water partition coefficient (Wildman–Crippen LogP) is 7.71. The molecule has 0 aromatic heterocycles. The fraction of sp³-hybridized carbons (Fsp3) is 0.750. The number of hydrogen-bond acceptors (Lipinski definition) is 0. The Balaban J connectivity index is 1.30. The molecule has 3 rings (SSSR count). The van der Waals surface area contributed by atoms with Gasteiger partial charge in [0.2, 0.25) is 0 Å². The zero-order valence-corrected chi connectivity index (χ0v) is 18.1. The lowest BCUT2D eigenvalue weighted by Gasteiger charge is -2.31. The average Bonchev–Trinajstić information content (AvgIpc) is 2.69. The Bertz CT molecular complexity index is 495. The van der Waals surface area contributed by atoms with E-state index in [0.29, 0.717) is 5.92 Å². The molecule has 0 nitrogen and oxygen atoms in total. The molecule has 0 spiro atoms. The molecule has 1 heterocycles. The van der Waals surface area contributed by atoms with Crippen molar-refractivity contribution in [1.82, 2.24) is 0 Å². The van der Waals surface area contributed by atoms with E-state index in [0.717, 1.165) is 11.8 Å². The minimum Gasteiger partial charge on any atom is -0.207 e. The van der Waals surface area contributed by atoms with Crippen LogP contribution in [0.3, 0.4) is 0 Å². The van der Waals surface area contributed by atoms with Crippen molar-refractivity contribution < 1.29 is 4.39 Å². The first-order valence-corrected chi connectivity index (χ1v) is 13.9. The molecule has 26 heavy (non-hydrogen) atoms. The maximum Gasteiger partial charge on any atom is 0.123 e. The molecule has 1 saturated heterocycles. The summed E-state index contributed by atoms with van der Waals surface area (Å²) >= 11 is 0. The molecule has 0 bridgehead atoms. The van der Waals surface area contributed by atoms with E-state index in [4.69, 9.17) is 0 Å². The number of hydrogen-bond donors (Lipinski definition) is 0. The van der Waals surface area contributed by atoms with E-state index >= 15 is 0 Å². The van der Waals surface area contributed by atoms with Crippen LogP contribution in [0, 0.1) is 17.7 Å². The second-order valence-electron chi connectivity index (χ2n) is 9.23. The molecule has 1 aliphatic carbocycles. The Hall–Kier alpha value is -0.633. The lowest BCUT2D eigenvalue weighted by molar-refractivity contribution is 0.253. The van der Waals surface area contributed by atoms with Crippen molar-refractivity contribution >= 4 is 8.80 Å². The van der Waals surface area contributed by atoms with Crippen LogP contribution in [-0.2, 0) is 0 Å². The molecule has 146 valence electrons. The van der Waals surface area contributed by atoms with Crippen molar-refractivity contribution in [2.75, 3.05) is 0 Å². The van der Waals surface area contributed by atoms with E-state index in [9.17, 15) is 4.39 Å². The Labute approximate surface area is 162 Å². The normalized spacial score (nSPS) is 29.6. The summed E-state index contributed by atoms with van der Waals surface area (Å²) in [5, 5.41) is 0. The molecule has 0 unspecified atom stereocenters. The molecule has 1 aliphatic heterocycles. The van der Waals surface area contributed by atoms with Gasteiger partial charge >= 0.3 is 0 Å². The summed E-state index contributed by atoms with van der Waals surface area (Å²) in [7, 11) is -0.482. The molecule has 1 saturated carbocycles. The summed E-state index contributed by atoms with van der Waals surface area (Å²) in [5.74, 6) is 2.72. The Morgan fingerprint density at radius 2 is 1.46 bits per heavy atom. The van der Waals surface area contributed by atoms with Crippen LogP contribution in [0.25, 0.3) is 0 Å². The zero-order valence-electron chi connectivity index (χ0n) is 16.9. The van der Waals surface area contributed by atoms with Gasteiger partial charge < -0.3 is 0 Å². The standard InChI is InChI=1S/C24H39FSi/c1-2-3-4-5-20-6-8-21(9-7-20)14-17-26-18-15-23(16-19-26)22-10-12-24(25)13-11-22/h10-13,20-21,23,26H,2-9,14-19H2,1H3. The minimum atomic E-state index is -0.482. The smallest absolute Gasteiger partial charge is 0.123 e. The molecule has 1 aromatic carbocycles. The second-order valence-corrected chi connectivity index (χ2v) is 12.7. The van der Waals surface area contributed by atoms with E-state index < -0.39 is 8.80 Å². The first-order chi connectivity index (χ1) is 12.7. The lowest BCUT2D eigenvalue weighted by Crippen LogP contribution is -2.22. The maximum absolute atomic E-state index is 13.1. The van der Waals surface area contributed by atoms with Crippen molar-refractivity contribution in [2.24, 2.45) is 11.8 Å². The van der Waals surface area contributed by atoms with Crippen LogP contribution in [0.2, 0.25) is 18.1 Å². The predicted molar refractivity (Wildman–Crippen MR) is 114 cm³/mol. The highest BCUT2D eigenvalue weighted by atomic mass is 28.3. The van der Waals surface area contributed by atoms with E-state index in [-0.39, 0.29) is 5.82 Å². The van der Waals surface area contributed by atoms with Crippen molar-refractivity contribution in [1.29, 1.82) is 0 Å². The molecular weight excluding hydrogens is 335 g/mol. The molecule has 2 heteroatoms. The number of unbranched alkanes of at least 4 members (excludes halogenated alkanes) is 2. The Morgan fingerprint density at radius 1 is 0.846 bits per heavy atom. The SMILES string of the molecule is CCCCCC1CCC(CC[SiH]2CCC(c3ccc(F)cc3)CC2)CC1. The third-order valence-corrected chi connectivity index (χ3v) is 10.8. The largest absolute Gasteiger partial charge is 0.207 e. The van der Waals surface area contributed by atoms with Crippen molar-refractivity contribution in [3.63, 3.8) is 0 Å². The zero-order chi connectivity index (χ0) is 18.2. The van der Waals surface area contributed by atoms with Gasteiger partial charge in [-0.2, -0.15) is 0 Å². The summed E-state index contributed by atoms with van der Waals surface area (Å²) in [6, 6.07) is 11.9. The van der Waals surface area contributed by atoms with Crippen molar-refractivity contribution in [3.8, 4) is 0 Å². The highest BCUT2D eigenvalue weighted by Gasteiger charge is 2.26. The van der Waals surface area contributed by atoms with Gasteiger partial charge in [0, 0.05) is 8.80 Å². The summed E-state index contributed by atoms with van der Waals surface area (Å²) in [5.41, 5.74) is 1.38. The third-order valence-electron chi connectivity index (χ3n) is 7.35. The monoisotopic (exact) mass is 374 g/mol. The van der Waals surface area contributed by atoms with Crippen LogP contribution in [-0.4, -0.2) is 8.80 Å². The Morgan fingerprint density at radius 3 is 2.08 bits per heavy atom. The lowest BCUT2D eigenvalue weighted by atomic mass is 9.79. The van der Waals surface area contributed by atoms with Gasteiger partial charge in [-0.25, -0.2) is 4.39 Å². The van der Waals surface area contributed by atoms with E-state index in [1.807, 2.05) is 12.1 Å². The van der Waals surface area contributed by atoms with Crippen molar-refractivity contribution in [3.05, 3.63) is 35.6 Å². The summed E-state index contributed by atoms with van der Waals surface area (Å²) in [6.07, 6.45) is 16.1. The second kappa shape index (κ2) is 10.6. The number of benzene rings is 1. The highest BCUT2D eigenvalue weighted by Crippen LogP contribution is 2.38. The van der Waals surface area contributed by atoms with Gasteiger partial charge in [-0.1, -0.05) is 95.0 Å². The van der Waals surface area contributed by atoms with Gasteiger partial charge in [-0.05, 0) is 48.3 Å². The van der Waals surface area contributed by atoms with Crippen LogP contribution >= 0.6 is 0 Å². The van der Waals surface area contributed by atoms with Crippen LogP contribution < -0.4 is 0 Å². The van der Waals surface area contributed by atoms with Crippen LogP contribution in [0.15, 0.2) is 24.3 Å². The van der Waals surface area contributed by atoms with E-state index in [2.05, 4.69) is 6.92 Å². The van der Waals surface area contributed by atoms with Gasteiger partial charge in [-0.15, -0.1) is 0 Å². The molecule has 2 aliphatic rings. The molecule has 0 N–H and O–H groups in total. The van der Waals surface area contributed by atoms with Gasteiger partial charge in [0.05, 0.1) is 0 Å². The van der Waals surface area contributed by atoms with Crippen LogP contribution in [0.1, 0.15) is 89.0 Å². The van der Waals surface area contributed by atoms with Gasteiger partial charge in [-0.3, -0.25) is 0 Å². The summed E-state index contributed by atoms with van der Waals surface area (Å²) < 4.78 is 13.1. The molecule has 1 aromatic rings. The first kappa shape index (κ1) is 20.1. The number of rotatable bonds is 8. The Kier molecular flexibility index (Phi) is 8.23. The van der Waals surface area contributed by atoms with Gasteiger partial charge in [0.25, 0.3) is 0 Å². The van der Waals surface area contributed by atoms with Gasteiger partial charge in [0.15, 0.2) is 0 Å². The fourth-order valence-electron chi connectivity index (χ4n) is 5.48. The first-order valence-electron chi connectivity index (χ1n) is 11.5. The molecule has 0 atom stereocenters. The van der Waals surface area contributed by atoms with Crippen LogP contribution in [0.4, 0.5) is 4.39 Å². The third kappa shape index (κ3) is 6.22. The minimum absolute atomic E-state index is 0.100. The maximum atomic E-state index is 13.1. The molecule has 0 amide bonds. The number of halogens is 1. The van der Waals surface area contributed by atoms with E-state index in [1.165, 1.54) is 81.9 Å².